The van der Waals surface area contributed by atoms with E-state index in [9.17, 15) is 53.3 Å². The first-order valence-electron chi connectivity index (χ1n) is 23.4. The van der Waals surface area contributed by atoms with Gasteiger partial charge in [0, 0.05) is 66.7 Å². The maximum atomic E-state index is 12.7. The summed E-state index contributed by atoms with van der Waals surface area (Å²) in [5.41, 5.74) is 5.76. The third-order valence-electron chi connectivity index (χ3n) is 13.5. The number of unbranched alkanes of at least 4 members (excludes halogenated alkanes) is 3. The quantitative estimate of drug-likeness (QED) is 0.0419. The molecule has 3 aromatic rings. The van der Waals surface area contributed by atoms with E-state index in [1.165, 1.54) is 36.4 Å². The zero-order valence-corrected chi connectivity index (χ0v) is 42.2. The number of para-hydroxylation sites is 1. The Morgan fingerprint density at radius 3 is 2.06 bits per heavy atom. The second-order valence-corrected chi connectivity index (χ2v) is 23.6. The molecule has 70 heavy (non-hydrogen) atoms. The van der Waals surface area contributed by atoms with Crippen LogP contribution in [0.1, 0.15) is 109 Å². The summed E-state index contributed by atoms with van der Waals surface area (Å²) in [5, 5.41) is 0. The standard InChI is InChI=1S/C51H59N3O13S3/c1-50(2)41-16-7-8-17-43(41)52(31-10-11-32-68(58,59)60)45(50)26-18-35-13-12-14-36(49(35)67-38-20-22-39(23-21-38)69(61,62)63)19-27-46-51(3,4)42-33-40(70(64,65)66)24-25-44(42)53(46)30-9-5-6-15-37(55)34-54-47(56)28-29-48(54)57/h7-8,16-27,33H,5-6,9-15,28-32,34H2,1-4H3,(H2-,58,59,60,61,62,63,64,65,66)/p+1. The molecule has 3 N–H and O–H groups in total. The first-order chi connectivity index (χ1) is 32.9. The first-order valence-corrected chi connectivity index (χ1v) is 27.9. The Morgan fingerprint density at radius 2 is 1.39 bits per heavy atom. The lowest BCUT2D eigenvalue weighted by atomic mass is 9.81. The van der Waals surface area contributed by atoms with Crippen LogP contribution in [-0.2, 0) is 55.6 Å². The average Bonchev–Trinajstić information content (AvgIpc) is 3.80. The Kier molecular flexibility index (Phi) is 15.4. The topological polar surface area (TPSA) is 233 Å². The fourth-order valence-electron chi connectivity index (χ4n) is 9.82. The minimum absolute atomic E-state index is 0.119. The highest BCUT2D eigenvalue weighted by Gasteiger charge is 2.44. The molecule has 19 heteroatoms. The van der Waals surface area contributed by atoms with Crippen LogP contribution in [-0.4, -0.2) is 97.1 Å². The number of fused-ring (bicyclic) bond motifs is 2. The predicted octanol–water partition coefficient (Wildman–Crippen LogP) is 8.18. The number of hydrogen-bond donors (Lipinski definition) is 3. The van der Waals surface area contributed by atoms with Crippen LogP contribution in [0.5, 0.6) is 5.75 Å². The van der Waals surface area contributed by atoms with Crippen molar-refractivity contribution >= 4 is 65.0 Å². The van der Waals surface area contributed by atoms with Crippen LogP contribution >= 0.6 is 0 Å². The fourth-order valence-corrected chi connectivity index (χ4v) is 11.4. The third-order valence-corrected chi connectivity index (χ3v) is 16.0. The molecular formula is C51H60N3O13S3+. The van der Waals surface area contributed by atoms with Crippen molar-refractivity contribution in [3.05, 3.63) is 125 Å². The zero-order valence-electron chi connectivity index (χ0n) is 39.8. The number of amides is 2. The van der Waals surface area contributed by atoms with Gasteiger partial charge in [-0.1, -0.05) is 44.5 Å². The number of ketones is 1. The molecule has 0 unspecified atom stereocenters. The van der Waals surface area contributed by atoms with Gasteiger partial charge >= 0.3 is 0 Å². The van der Waals surface area contributed by atoms with Crippen molar-refractivity contribution in [1.82, 2.24) is 4.90 Å². The number of hydrogen-bond acceptors (Lipinski definition) is 11. The highest BCUT2D eigenvalue weighted by Crippen LogP contribution is 2.49. The van der Waals surface area contributed by atoms with Crippen LogP contribution in [0.4, 0.5) is 11.4 Å². The summed E-state index contributed by atoms with van der Waals surface area (Å²) in [6.07, 6.45) is 13.0. The minimum Gasteiger partial charge on any atom is -0.457 e. The molecule has 0 spiro atoms. The summed E-state index contributed by atoms with van der Waals surface area (Å²) in [4.78, 5) is 39.4. The number of anilines is 1. The third kappa shape index (κ3) is 11.8. The van der Waals surface area contributed by atoms with Crippen LogP contribution in [0.2, 0.25) is 0 Å². The number of imide groups is 1. The molecule has 0 atom stereocenters. The van der Waals surface area contributed by atoms with Gasteiger partial charge in [-0.15, -0.1) is 0 Å². The average molecular weight is 1020 g/mol. The highest BCUT2D eigenvalue weighted by molar-refractivity contribution is 7.86. The molecule has 0 aromatic heterocycles. The van der Waals surface area contributed by atoms with E-state index in [1.54, 1.807) is 6.07 Å². The van der Waals surface area contributed by atoms with E-state index in [-0.39, 0.29) is 65.4 Å². The van der Waals surface area contributed by atoms with Gasteiger partial charge in [-0.25, -0.2) is 0 Å². The van der Waals surface area contributed by atoms with Crippen molar-refractivity contribution in [2.24, 2.45) is 0 Å². The van der Waals surface area contributed by atoms with Gasteiger partial charge in [-0.2, -0.15) is 29.8 Å². The summed E-state index contributed by atoms with van der Waals surface area (Å²) in [5.74, 6) is -0.348. The number of rotatable bonds is 20. The molecule has 3 aliphatic heterocycles. The molecule has 0 saturated carbocycles. The van der Waals surface area contributed by atoms with E-state index >= 15 is 0 Å². The molecule has 0 radical (unpaired) electrons. The van der Waals surface area contributed by atoms with Gasteiger partial charge in [-0.3, -0.25) is 32.9 Å². The van der Waals surface area contributed by atoms with Gasteiger partial charge in [0.05, 0.1) is 27.5 Å². The molecule has 374 valence electrons. The van der Waals surface area contributed by atoms with Gasteiger partial charge in [0.15, 0.2) is 11.5 Å². The number of carbonyl (C=O) groups excluding carboxylic acids is 3. The maximum absolute atomic E-state index is 12.7. The molecule has 1 saturated heterocycles. The van der Waals surface area contributed by atoms with Crippen molar-refractivity contribution in [3.63, 3.8) is 0 Å². The van der Waals surface area contributed by atoms with Crippen LogP contribution in [0.15, 0.2) is 123 Å². The molecule has 4 aliphatic rings. The number of carbonyl (C=O) groups is 3. The molecule has 1 aliphatic carbocycles. The van der Waals surface area contributed by atoms with E-state index < -0.39 is 41.2 Å². The maximum Gasteiger partial charge on any atom is 0.294 e. The fraction of sp³-hybridized carbons (Fsp3) is 0.412. The number of Topliss-reactive ketones (excluding diaryl/α,β-unsaturated/α-hetero) is 1. The molecule has 7 rings (SSSR count). The Bertz CT molecular complexity index is 3080. The van der Waals surface area contributed by atoms with Crippen LogP contribution < -0.4 is 9.64 Å². The van der Waals surface area contributed by atoms with E-state index in [4.69, 9.17) is 4.74 Å². The Labute approximate surface area is 410 Å². The van der Waals surface area contributed by atoms with Gasteiger partial charge in [0.25, 0.3) is 30.4 Å². The summed E-state index contributed by atoms with van der Waals surface area (Å²) < 4.78 is 110. The Balaban J connectivity index is 1.24. The smallest absolute Gasteiger partial charge is 0.294 e. The van der Waals surface area contributed by atoms with Crippen LogP contribution in [0, 0.1) is 0 Å². The lowest BCUT2D eigenvalue weighted by Crippen LogP contribution is -2.34. The second kappa shape index (κ2) is 20.6. The molecule has 1 fully saturated rings. The summed E-state index contributed by atoms with van der Waals surface area (Å²) in [6.45, 7) is 8.95. The monoisotopic (exact) mass is 1020 g/mol. The van der Waals surface area contributed by atoms with E-state index in [2.05, 4.69) is 35.5 Å². The molecule has 2 amide bonds. The number of allylic oxidation sites excluding steroid dienone is 7. The number of nitrogens with zero attached hydrogens (tertiary/aromatic N) is 3. The van der Waals surface area contributed by atoms with E-state index in [0.717, 1.165) is 50.8 Å². The summed E-state index contributed by atoms with van der Waals surface area (Å²) in [7, 11) is -13.1. The predicted molar refractivity (Wildman–Crippen MR) is 264 cm³/mol. The summed E-state index contributed by atoms with van der Waals surface area (Å²) >= 11 is 0. The van der Waals surface area contributed by atoms with Crippen LogP contribution in [0.3, 0.4) is 0 Å². The van der Waals surface area contributed by atoms with Crippen molar-refractivity contribution < 1.29 is 62.6 Å². The number of ether oxygens (including phenoxy) is 1. The lowest BCUT2D eigenvalue weighted by molar-refractivity contribution is -0.438. The number of likely N-dealkylation sites (tertiary alicyclic amines) is 1. The van der Waals surface area contributed by atoms with Crippen molar-refractivity contribution in [2.75, 3.05) is 30.3 Å². The SMILES string of the molecule is CC1(C)C(=CC=C2CCCC(C=CC3=[N+](CCCCS(=O)(=O)O)c4ccccc4C3(C)C)=C2Oc2ccc(S(=O)(=O)O)cc2)N(CCCCCC(=O)CN2C(=O)CCC2=O)c2ccc(S(=O)(=O)O)cc21. The number of benzene rings is 3. The second-order valence-electron chi connectivity index (χ2n) is 19.2. The van der Waals surface area contributed by atoms with Crippen molar-refractivity contribution in [2.45, 2.75) is 119 Å². The van der Waals surface area contributed by atoms with Crippen LogP contribution in [0.25, 0.3) is 0 Å². The van der Waals surface area contributed by atoms with Crippen molar-refractivity contribution in [1.29, 1.82) is 0 Å². The Hall–Kier alpha value is -5.57. The highest BCUT2D eigenvalue weighted by atomic mass is 32.2. The van der Waals surface area contributed by atoms with Crippen molar-refractivity contribution in [3.8, 4) is 5.75 Å². The lowest BCUT2D eigenvalue weighted by Gasteiger charge is -2.27. The van der Waals surface area contributed by atoms with Gasteiger partial charge in [0.1, 0.15) is 18.1 Å². The van der Waals surface area contributed by atoms with E-state index in [1.807, 2.05) is 50.3 Å². The molecule has 3 aromatic carbocycles. The van der Waals surface area contributed by atoms with Gasteiger partial charge in [0.2, 0.25) is 17.5 Å². The van der Waals surface area contributed by atoms with E-state index in [0.29, 0.717) is 68.7 Å². The van der Waals surface area contributed by atoms with Gasteiger partial charge in [-0.05, 0) is 124 Å². The Morgan fingerprint density at radius 1 is 0.714 bits per heavy atom. The first kappa shape index (κ1) is 52.3. The minimum atomic E-state index is -4.53. The summed E-state index contributed by atoms with van der Waals surface area (Å²) in [6, 6.07) is 18.0. The zero-order chi connectivity index (χ0) is 50.8. The normalized spacial score (nSPS) is 19.3. The molecule has 16 nitrogen and oxygen atoms in total. The van der Waals surface area contributed by atoms with Gasteiger partial charge < -0.3 is 9.64 Å². The molecule has 3 heterocycles. The largest absolute Gasteiger partial charge is 0.457 e. The molecular weight excluding hydrogens is 959 g/mol. The molecule has 0 bridgehead atoms.